The maximum Gasteiger partial charge on any atom is 0.330 e. The molecule has 1 aliphatic heterocycles. The molecule has 6 rings (SSSR count). The number of β-amino-alcohol motifs (C(OH)–C–C–N with tert-alkyl or cyclic N) is 1. The van der Waals surface area contributed by atoms with E-state index in [0.29, 0.717) is 30.2 Å². The van der Waals surface area contributed by atoms with E-state index in [1.54, 1.807) is 25.1 Å². The summed E-state index contributed by atoms with van der Waals surface area (Å²) in [6.45, 7) is 2.76. The minimum absolute atomic E-state index is 0.0556. The highest BCUT2D eigenvalue weighted by Gasteiger charge is 2.38. The molecule has 1 saturated heterocycles. The second-order valence-corrected chi connectivity index (χ2v) is 11.3. The number of aromatic nitrogens is 3. The van der Waals surface area contributed by atoms with E-state index in [1.807, 2.05) is 6.07 Å². The van der Waals surface area contributed by atoms with Gasteiger partial charge in [-0.15, -0.1) is 0 Å². The molecular weight excluding hydrogens is 572 g/mol. The number of nitrogens with one attached hydrogen (secondary N) is 1. The average Bonchev–Trinajstić information content (AvgIpc) is 3.41. The molecular formula is C32H31F2N5O5. The Morgan fingerprint density at radius 2 is 1.86 bits per heavy atom. The van der Waals surface area contributed by atoms with Crippen LogP contribution < -0.4 is 21.3 Å². The summed E-state index contributed by atoms with van der Waals surface area (Å²) in [6, 6.07) is 9.04. The number of methoxy groups -OCH3 is 1. The first kappa shape index (κ1) is 29.4. The lowest BCUT2D eigenvalue weighted by Gasteiger charge is -2.40. The predicted octanol–water partition coefficient (Wildman–Crippen LogP) is 3.32. The third kappa shape index (κ3) is 4.80. The summed E-state index contributed by atoms with van der Waals surface area (Å²) in [5.41, 5.74) is 1.21. The van der Waals surface area contributed by atoms with Gasteiger partial charge in [0, 0.05) is 56.2 Å². The third-order valence-electron chi connectivity index (χ3n) is 8.56. The van der Waals surface area contributed by atoms with Crippen molar-refractivity contribution in [3.63, 3.8) is 0 Å². The Balaban J connectivity index is 1.37. The van der Waals surface area contributed by atoms with Gasteiger partial charge in [0.1, 0.15) is 17.2 Å². The molecule has 44 heavy (non-hydrogen) atoms. The molecule has 0 spiro atoms. The van der Waals surface area contributed by atoms with Crippen LogP contribution in [0.1, 0.15) is 39.5 Å². The Hall–Kier alpha value is -4.68. The van der Waals surface area contributed by atoms with Crippen molar-refractivity contribution in [1.29, 1.82) is 0 Å². The minimum Gasteiger partial charge on any atom is -0.481 e. The Morgan fingerprint density at radius 1 is 1.11 bits per heavy atom. The summed E-state index contributed by atoms with van der Waals surface area (Å²) in [7, 11) is 4.20. The highest BCUT2D eigenvalue weighted by molar-refractivity contribution is 6.04. The molecule has 228 valence electrons. The number of amides is 1. The van der Waals surface area contributed by atoms with Crippen LogP contribution in [0.15, 0.2) is 52.2 Å². The lowest BCUT2D eigenvalue weighted by atomic mass is 9.94. The van der Waals surface area contributed by atoms with Crippen molar-refractivity contribution in [2.24, 2.45) is 14.1 Å². The van der Waals surface area contributed by atoms with Gasteiger partial charge in [-0.1, -0.05) is 12.1 Å². The zero-order chi connectivity index (χ0) is 31.4. The number of hydrogen-bond donors (Lipinski definition) is 2. The number of ether oxygens (including phenoxy) is 1. The first-order valence-corrected chi connectivity index (χ1v) is 14.2. The fourth-order valence-corrected chi connectivity index (χ4v) is 6.18. The van der Waals surface area contributed by atoms with E-state index < -0.39 is 28.8 Å². The fourth-order valence-electron chi connectivity index (χ4n) is 6.18. The summed E-state index contributed by atoms with van der Waals surface area (Å²) in [5, 5.41) is 12.4. The van der Waals surface area contributed by atoms with Gasteiger partial charge in [-0.2, -0.15) is 0 Å². The lowest BCUT2D eigenvalue weighted by Crippen LogP contribution is -2.51. The van der Waals surface area contributed by atoms with Crippen molar-refractivity contribution in [2.45, 2.75) is 31.9 Å². The number of carbonyl (C=O) groups excluding carboxylic acids is 1. The quantitative estimate of drug-likeness (QED) is 0.347. The number of aliphatic hydroxyl groups is 1. The lowest BCUT2D eigenvalue weighted by molar-refractivity contribution is -0.0256. The number of hydrogen-bond acceptors (Lipinski definition) is 7. The van der Waals surface area contributed by atoms with E-state index >= 15 is 8.78 Å². The fraction of sp³-hybridized carbons (Fsp3) is 0.312. The van der Waals surface area contributed by atoms with Crippen LogP contribution in [0.4, 0.5) is 14.5 Å². The molecule has 0 saturated carbocycles. The molecule has 3 heterocycles. The number of anilines is 1. The molecule has 2 aromatic heterocycles. The molecule has 1 aliphatic carbocycles. The third-order valence-corrected chi connectivity index (χ3v) is 8.56. The van der Waals surface area contributed by atoms with Crippen LogP contribution in [-0.4, -0.2) is 56.3 Å². The van der Waals surface area contributed by atoms with Crippen LogP contribution in [0.5, 0.6) is 5.88 Å². The first-order valence-electron chi connectivity index (χ1n) is 14.2. The van der Waals surface area contributed by atoms with Crippen molar-refractivity contribution < 1.29 is 23.4 Å². The highest BCUT2D eigenvalue weighted by Crippen LogP contribution is 2.45. The molecule has 12 heteroatoms. The van der Waals surface area contributed by atoms with Crippen molar-refractivity contribution >= 4 is 11.6 Å². The number of pyridine rings is 1. The topological polar surface area (TPSA) is 119 Å². The number of aryl methyl sites for hydroxylation is 2. The van der Waals surface area contributed by atoms with Crippen LogP contribution in [0, 0.1) is 18.6 Å². The number of carbonyl (C=O) groups is 1. The summed E-state index contributed by atoms with van der Waals surface area (Å²) in [5.74, 6) is -2.01. The molecule has 0 radical (unpaired) electrons. The van der Waals surface area contributed by atoms with Gasteiger partial charge in [-0.3, -0.25) is 19.1 Å². The van der Waals surface area contributed by atoms with E-state index in [2.05, 4.69) is 15.2 Å². The molecule has 1 fully saturated rings. The van der Waals surface area contributed by atoms with E-state index in [-0.39, 0.29) is 40.1 Å². The predicted molar refractivity (Wildman–Crippen MR) is 160 cm³/mol. The van der Waals surface area contributed by atoms with E-state index in [0.717, 1.165) is 39.3 Å². The molecule has 4 aromatic rings. The zero-order valence-corrected chi connectivity index (χ0v) is 24.6. The van der Waals surface area contributed by atoms with Crippen molar-refractivity contribution in [2.75, 3.05) is 25.5 Å². The van der Waals surface area contributed by atoms with Crippen LogP contribution in [-0.2, 0) is 20.5 Å². The van der Waals surface area contributed by atoms with Gasteiger partial charge in [0.15, 0.2) is 0 Å². The van der Waals surface area contributed by atoms with Gasteiger partial charge < -0.3 is 19.7 Å². The zero-order valence-electron chi connectivity index (χ0n) is 24.6. The maximum atomic E-state index is 16.3. The normalized spacial score (nSPS) is 16.5. The van der Waals surface area contributed by atoms with Gasteiger partial charge in [0.05, 0.1) is 24.5 Å². The summed E-state index contributed by atoms with van der Waals surface area (Å²) in [4.78, 5) is 44.5. The molecule has 0 bridgehead atoms. The summed E-state index contributed by atoms with van der Waals surface area (Å²) < 4.78 is 39.2. The monoisotopic (exact) mass is 603 g/mol. The van der Waals surface area contributed by atoms with Crippen LogP contribution in [0.25, 0.3) is 22.4 Å². The van der Waals surface area contributed by atoms with Crippen molar-refractivity contribution in [1.82, 2.24) is 19.0 Å². The van der Waals surface area contributed by atoms with E-state index in [1.165, 1.54) is 33.3 Å². The molecule has 2 aliphatic rings. The number of fused-ring (bicyclic) bond motifs is 1. The largest absolute Gasteiger partial charge is 0.481 e. The number of benzene rings is 2. The Morgan fingerprint density at radius 3 is 2.57 bits per heavy atom. The second kappa shape index (κ2) is 11.1. The molecule has 1 amide bonds. The van der Waals surface area contributed by atoms with E-state index in [4.69, 9.17) is 4.74 Å². The number of rotatable bonds is 6. The number of aliphatic hydroxyl groups excluding tert-OH is 1. The Bertz CT molecular complexity index is 1950. The SMILES string of the molecule is COc1nc(-c2ccc(F)c(-c3cccc(NC(=O)c4cn(C)c(=O)n(C)c4=O)c3C)c2F)cc2c1[C@@H](N1CC(O)C1)CC2. The molecule has 0 unspecified atom stereocenters. The van der Waals surface area contributed by atoms with Crippen LogP contribution in [0.3, 0.4) is 0 Å². The summed E-state index contributed by atoms with van der Waals surface area (Å²) in [6.07, 6.45) is 2.35. The van der Waals surface area contributed by atoms with Crippen LogP contribution in [0.2, 0.25) is 0 Å². The number of likely N-dealkylation sites (tertiary alicyclic amines) is 1. The van der Waals surface area contributed by atoms with Gasteiger partial charge in [-0.25, -0.2) is 18.6 Å². The van der Waals surface area contributed by atoms with Gasteiger partial charge in [0.2, 0.25) is 5.88 Å². The van der Waals surface area contributed by atoms with Crippen molar-refractivity contribution in [3.8, 4) is 28.3 Å². The maximum absolute atomic E-state index is 16.3. The van der Waals surface area contributed by atoms with Crippen LogP contribution >= 0.6 is 0 Å². The second-order valence-electron chi connectivity index (χ2n) is 11.3. The van der Waals surface area contributed by atoms with E-state index in [9.17, 15) is 19.5 Å². The van der Waals surface area contributed by atoms with Gasteiger partial charge in [-0.05, 0) is 60.7 Å². The number of halogens is 2. The number of nitrogens with zero attached hydrogens (tertiary/aromatic N) is 4. The average molecular weight is 604 g/mol. The standard InChI is InChI=1S/C32H31F2N5O5/c1-16-19(6-5-7-23(16)35-29(41)21-15-37(2)32(43)38(3)31(21)42)27-22(33)10-9-20(28(27)34)24-12-17-8-11-25(39-13-18(40)14-39)26(17)30(36-24)44-4/h5-7,9-10,12,15,18,25,40H,8,11,13-14H2,1-4H3,(H,35,41)/t25-/m0/s1. The summed E-state index contributed by atoms with van der Waals surface area (Å²) >= 11 is 0. The molecule has 10 nitrogen and oxygen atoms in total. The van der Waals surface area contributed by atoms with Gasteiger partial charge >= 0.3 is 5.69 Å². The minimum atomic E-state index is -0.821. The van der Waals surface area contributed by atoms with Crippen molar-refractivity contribution in [3.05, 3.63) is 97.3 Å². The highest BCUT2D eigenvalue weighted by atomic mass is 19.1. The molecule has 1 atom stereocenters. The first-order chi connectivity index (χ1) is 21.0. The Labute approximate surface area is 251 Å². The molecule has 2 aromatic carbocycles. The molecule has 2 N–H and O–H groups in total. The van der Waals surface area contributed by atoms with Gasteiger partial charge in [0.25, 0.3) is 11.5 Å². The Kier molecular flexibility index (Phi) is 7.42. The smallest absolute Gasteiger partial charge is 0.330 e.